The molecule has 1 aliphatic rings. The van der Waals surface area contributed by atoms with Crippen LogP contribution in [0.15, 0.2) is 12.3 Å². The number of aromatic nitrogens is 2. The summed E-state index contributed by atoms with van der Waals surface area (Å²) in [7, 11) is 0. The molecular formula is C9H15ClN6O. The molecule has 4 N–H and O–H groups in total. The van der Waals surface area contributed by atoms with Crippen molar-refractivity contribution in [3.63, 3.8) is 0 Å². The van der Waals surface area contributed by atoms with Crippen LogP contribution < -0.4 is 16.4 Å². The first kappa shape index (κ1) is 13.5. The SMILES string of the molecule is Cl.Nc1ccnc(NC(=O)N2CCNCC2)n1. The molecule has 1 aromatic heterocycles. The molecule has 94 valence electrons. The smallest absolute Gasteiger partial charge is 0.324 e. The molecule has 2 amide bonds. The Balaban J connectivity index is 0.00000144. The van der Waals surface area contributed by atoms with Gasteiger partial charge in [-0.25, -0.2) is 9.78 Å². The van der Waals surface area contributed by atoms with Gasteiger partial charge < -0.3 is 16.0 Å². The quantitative estimate of drug-likeness (QED) is 0.655. The summed E-state index contributed by atoms with van der Waals surface area (Å²) in [6, 6.07) is 1.38. The lowest BCUT2D eigenvalue weighted by Crippen LogP contribution is -2.48. The van der Waals surface area contributed by atoms with Crippen LogP contribution in [0.3, 0.4) is 0 Å². The Morgan fingerprint density at radius 2 is 2.18 bits per heavy atom. The third kappa shape index (κ3) is 3.72. The van der Waals surface area contributed by atoms with Gasteiger partial charge in [-0.15, -0.1) is 12.4 Å². The molecule has 17 heavy (non-hydrogen) atoms. The summed E-state index contributed by atoms with van der Waals surface area (Å²) >= 11 is 0. The van der Waals surface area contributed by atoms with Crippen LogP contribution in [0.1, 0.15) is 0 Å². The van der Waals surface area contributed by atoms with Gasteiger partial charge in [0.15, 0.2) is 0 Å². The van der Waals surface area contributed by atoms with Crippen LogP contribution in [0.5, 0.6) is 0 Å². The molecule has 0 aromatic carbocycles. The Bertz CT molecular complexity index is 382. The lowest BCUT2D eigenvalue weighted by atomic mass is 10.4. The number of nitrogens with zero attached hydrogens (tertiary/aromatic N) is 3. The van der Waals surface area contributed by atoms with Crippen LogP contribution in [0, 0.1) is 0 Å². The van der Waals surface area contributed by atoms with Crippen molar-refractivity contribution >= 4 is 30.2 Å². The minimum Gasteiger partial charge on any atom is -0.384 e. The van der Waals surface area contributed by atoms with Crippen molar-refractivity contribution in [2.75, 3.05) is 37.2 Å². The fourth-order valence-corrected chi connectivity index (χ4v) is 1.48. The molecule has 1 aliphatic heterocycles. The molecule has 8 heteroatoms. The van der Waals surface area contributed by atoms with Gasteiger partial charge in [-0.2, -0.15) is 4.98 Å². The van der Waals surface area contributed by atoms with E-state index < -0.39 is 0 Å². The zero-order chi connectivity index (χ0) is 11.4. The standard InChI is InChI=1S/C9H14N6O.ClH/c10-7-1-2-12-8(13-7)14-9(16)15-5-3-11-4-6-15;/h1-2,11H,3-6H2,(H3,10,12,13,14,16);1H. The average Bonchev–Trinajstić information content (AvgIpc) is 2.30. The number of amides is 2. The Hall–Kier alpha value is -1.60. The summed E-state index contributed by atoms with van der Waals surface area (Å²) in [5.74, 6) is 0.578. The predicted octanol–water partition coefficient (Wildman–Crippen LogP) is -0.0823. The summed E-state index contributed by atoms with van der Waals surface area (Å²) in [5.41, 5.74) is 5.49. The number of carbonyl (C=O) groups excluding carboxylic acids is 1. The molecule has 0 bridgehead atoms. The van der Waals surface area contributed by atoms with Gasteiger partial charge in [0, 0.05) is 32.4 Å². The molecule has 0 saturated carbocycles. The van der Waals surface area contributed by atoms with Gasteiger partial charge in [0.2, 0.25) is 5.95 Å². The number of rotatable bonds is 1. The van der Waals surface area contributed by atoms with Gasteiger partial charge in [0.05, 0.1) is 0 Å². The van der Waals surface area contributed by atoms with E-state index in [4.69, 9.17) is 5.73 Å². The molecule has 0 atom stereocenters. The van der Waals surface area contributed by atoms with Crippen LogP contribution in [-0.4, -0.2) is 47.1 Å². The fraction of sp³-hybridized carbons (Fsp3) is 0.444. The van der Waals surface area contributed by atoms with Crippen molar-refractivity contribution in [3.05, 3.63) is 12.3 Å². The molecule has 2 heterocycles. The Morgan fingerprint density at radius 1 is 1.47 bits per heavy atom. The highest BCUT2D eigenvalue weighted by Crippen LogP contribution is 2.03. The number of carbonyl (C=O) groups is 1. The third-order valence-electron chi connectivity index (χ3n) is 2.30. The number of piperazine rings is 1. The van der Waals surface area contributed by atoms with Crippen molar-refractivity contribution in [1.29, 1.82) is 0 Å². The van der Waals surface area contributed by atoms with Crippen LogP contribution >= 0.6 is 12.4 Å². The monoisotopic (exact) mass is 258 g/mol. The van der Waals surface area contributed by atoms with Crippen molar-refractivity contribution in [2.45, 2.75) is 0 Å². The number of nitrogen functional groups attached to an aromatic ring is 1. The predicted molar refractivity (Wildman–Crippen MR) is 67.2 cm³/mol. The maximum Gasteiger partial charge on any atom is 0.324 e. The van der Waals surface area contributed by atoms with Crippen molar-refractivity contribution < 1.29 is 4.79 Å². The Kier molecular flexibility index (Phi) is 4.92. The maximum absolute atomic E-state index is 11.7. The summed E-state index contributed by atoms with van der Waals surface area (Å²) < 4.78 is 0. The number of nitrogens with two attached hydrogens (primary N) is 1. The Labute approximate surface area is 105 Å². The van der Waals surface area contributed by atoms with E-state index in [0.717, 1.165) is 13.1 Å². The zero-order valence-corrected chi connectivity index (χ0v) is 10.0. The molecule has 2 rings (SSSR count). The van der Waals surface area contributed by atoms with E-state index >= 15 is 0 Å². The van der Waals surface area contributed by atoms with E-state index in [-0.39, 0.29) is 24.4 Å². The average molecular weight is 259 g/mol. The summed E-state index contributed by atoms with van der Waals surface area (Å²) in [5, 5.41) is 5.78. The van der Waals surface area contributed by atoms with E-state index in [1.807, 2.05) is 0 Å². The van der Waals surface area contributed by atoms with Crippen LogP contribution in [0.2, 0.25) is 0 Å². The molecule has 1 saturated heterocycles. The van der Waals surface area contributed by atoms with Gasteiger partial charge in [0.1, 0.15) is 5.82 Å². The van der Waals surface area contributed by atoms with Gasteiger partial charge in [-0.3, -0.25) is 5.32 Å². The zero-order valence-electron chi connectivity index (χ0n) is 9.22. The number of nitrogens with one attached hydrogen (secondary N) is 2. The van der Waals surface area contributed by atoms with Crippen LogP contribution in [0.4, 0.5) is 16.6 Å². The molecular weight excluding hydrogens is 244 g/mol. The minimum absolute atomic E-state index is 0. The second-order valence-electron chi connectivity index (χ2n) is 3.47. The van der Waals surface area contributed by atoms with Crippen LogP contribution in [0.25, 0.3) is 0 Å². The molecule has 7 nitrogen and oxygen atoms in total. The number of hydrogen-bond donors (Lipinski definition) is 3. The van der Waals surface area contributed by atoms with E-state index in [2.05, 4.69) is 20.6 Å². The second-order valence-corrected chi connectivity index (χ2v) is 3.47. The summed E-state index contributed by atoms with van der Waals surface area (Å²) in [4.78, 5) is 21.3. The summed E-state index contributed by atoms with van der Waals surface area (Å²) in [6.07, 6.45) is 1.51. The van der Waals surface area contributed by atoms with Gasteiger partial charge in [-0.1, -0.05) is 0 Å². The lowest BCUT2D eigenvalue weighted by Gasteiger charge is -2.27. The van der Waals surface area contributed by atoms with E-state index in [1.165, 1.54) is 6.20 Å². The third-order valence-corrected chi connectivity index (χ3v) is 2.30. The topological polar surface area (TPSA) is 96.2 Å². The number of halogens is 1. The maximum atomic E-state index is 11.7. The molecule has 1 fully saturated rings. The normalized spacial score (nSPS) is 14.9. The lowest BCUT2D eigenvalue weighted by molar-refractivity contribution is 0.203. The first-order valence-corrected chi connectivity index (χ1v) is 5.11. The Morgan fingerprint density at radius 3 is 2.82 bits per heavy atom. The van der Waals surface area contributed by atoms with E-state index in [1.54, 1.807) is 11.0 Å². The van der Waals surface area contributed by atoms with E-state index in [0.29, 0.717) is 18.9 Å². The van der Waals surface area contributed by atoms with Crippen molar-refractivity contribution in [1.82, 2.24) is 20.2 Å². The highest BCUT2D eigenvalue weighted by molar-refractivity contribution is 5.87. The molecule has 1 aromatic rings. The first-order valence-electron chi connectivity index (χ1n) is 5.11. The number of urea groups is 1. The number of anilines is 2. The fourth-order valence-electron chi connectivity index (χ4n) is 1.48. The first-order chi connectivity index (χ1) is 7.75. The minimum atomic E-state index is -0.188. The molecule has 0 aliphatic carbocycles. The highest BCUT2D eigenvalue weighted by Gasteiger charge is 2.16. The molecule has 0 radical (unpaired) electrons. The van der Waals surface area contributed by atoms with Crippen LogP contribution in [-0.2, 0) is 0 Å². The molecule has 0 unspecified atom stereocenters. The number of hydrogen-bond acceptors (Lipinski definition) is 5. The van der Waals surface area contributed by atoms with Crippen molar-refractivity contribution in [2.24, 2.45) is 0 Å². The van der Waals surface area contributed by atoms with Gasteiger partial charge in [0.25, 0.3) is 0 Å². The second kappa shape index (κ2) is 6.21. The molecule has 0 spiro atoms. The van der Waals surface area contributed by atoms with Gasteiger partial charge in [-0.05, 0) is 6.07 Å². The van der Waals surface area contributed by atoms with Gasteiger partial charge >= 0.3 is 6.03 Å². The van der Waals surface area contributed by atoms with E-state index in [9.17, 15) is 4.79 Å². The highest BCUT2D eigenvalue weighted by atomic mass is 35.5. The van der Waals surface area contributed by atoms with Crippen molar-refractivity contribution in [3.8, 4) is 0 Å². The largest absolute Gasteiger partial charge is 0.384 e. The summed E-state index contributed by atoms with van der Waals surface area (Å²) in [6.45, 7) is 3.00.